The van der Waals surface area contributed by atoms with E-state index in [1.807, 2.05) is 0 Å². The lowest BCUT2D eigenvalue weighted by Crippen LogP contribution is -2.35. The monoisotopic (exact) mass is 397 g/mol. The third-order valence-electron chi connectivity index (χ3n) is 4.49. The number of nitrogens with zero attached hydrogens (tertiary/aromatic N) is 2. The number of aliphatic hydroxyl groups excluding tert-OH is 1. The lowest BCUT2D eigenvalue weighted by molar-refractivity contribution is -0.122. The summed E-state index contributed by atoms with van der Waals surface area (Å²) in [7, 11) is 0. The van der Waals surface area contributed by atoms with Gasteiger partial charge in [0.05, 0.1) is 18.5 Å². The molecule has 0 aliphatic heterocycles. The highest BCUT2D eigenvalue weighted by Gasteiger charge is 2.19. The van der Waals surface area contributed by atoms with Crippen molar-refractivity contribution in [3.05, 3.63) is 46.5 Å². The van der Waals surface area contributed by atoms with Crippen LogP contribution in [0.1, 0.15) is 36.9 Å². The average Bonchev–Trinajstić information content (AvgIpc) is 3.24. The lowest BCUT2D eigenvalue weighted by atomic mass is 10.2. The number of imidazole rings is 1. The number of nitrogens with one attached hydrogen (secondary N) is 1. The Bertz CT molecular complexity index is 758. The molecule has 0 bridgehead atoms. The van der Waals surface area contributed by atoms with Crippen LogP contribution in [0.5, 0.6) is 0 Å². The molecule has 1 amide bonds. The largest absolute Gasteiger partial charge is 0.390 e. The molecule has 0 spiro atoms. The van der Waals surface area contributed by atoms with Crippen LogP contribution in [0.15, 0.2) is 29.6 Å². The van der Waals surface area contributed by atoms with Gasteiger partial charge in [-0.25, -0.2) is 9.37 Å². The molecule has 0 saturated heterocycles. The van der Waals surface area contributed by atoms with Crippen LogP contribution < -0.4 is 5.32 Å². The van der Waals surface area contributed by atoms with Crippen LogP contribution in [0.2, 0.25) is 5.02 Å². The summed E-state index contributed by atoms with van der Waals surface area (Å²) < 4.78 is 15.6. The fourth-order valence-corrected chi connectivity index (χ4v) is 4.44. The summed E-state index contributed by atoms with van der Waals surface area (Å²) in [6.07, 6.45) is 5.84. The van der Waals surface area contributed by atoms with Gasteiger partial charge in [-0.2, -0.15) is 0 Å². The van der Waals surface area contributed by atoms with Crippen molar-refractivity contribution in [1.29, 1.82) is 0 Å². The van der Waals surface area contributed by atoms with E-state index in [-0.39, 0.29) is 36.7 Å². The number of hydrogen-bond acceptors (Lipinski definition) is 4. The number of carbonyl (C=O) groups excluding carboxylic acids is 1. The zero-order valence-corrected chi connectivity index (χ0v) is 15.8. The molecule has 5 nitrogen and oxygen atoms in total. The van der Waals surface area contributed by atoms with Crippen LogP contribution >= 0.6 is 23.4 Å². The average molecular weight is 398 g/mol. The molecule has 0 radical (unpaired) electrons. The number of thioether (sulfide) groups is 1. The summed E-state index contributed by atoms with van der Waals surface area (Å²) in [6.45, 7) is -0.134. The van der Waals surface area contributed by atoms with Gasteiger partial charge < -0.3 is 15.0 Å². The molecule has 1 aliphatic carbocycles. The van der Waals surface area contributed by atoms with Crippen molar-refractivity contribution < 1.29 is 14.3 Å². The van der Waals surface area contributed by atoms with Gasteiger partial charge in [-0.1, -0.05) is 42.3 Å². The predicted octanol–water partition coefficient (Wildman–Crippen LogP) is 3.52. The van der Waals surface area contributed by atoms with Gasteiger partial charge in [0.25, 0.3) is 0 Å². The van der Waals surface area contributed by atoms with Crippen molar-refractivity contribution >= 4 is 29.3 Å². The maximum Gasteiger partial charge on any atom is 0.240 e. The third-order valence-corrected chi connectivity index (χ3v) is 5.86. The summed E-state index contributed by atoms with van der Waals surface area (Å²) in [4.78, 5) is 16.6. The molecule has 2 aromatic rings. The van der Waals surface area contributed by atoms with E-state index in [1.54, 1.807) is 16.7 Å². The van der Waals surface area contributed by atoms with E-state index in [0.717, 1.165) is 25.7 Å². The second-order valence-corrected chi connectivity index (χ2v) is 7.66. The van der Waals surface area contributed by atoms with Crippen molar-refractivity contribution in [1.82, 2.24) is 14.9 Å². The van der Waals surface area contributed by atoms with Gasteiger partial charge in [0.2, 0.25) is 5.91 Å². The number of halogens is 2. The standard InChI is InChI=1S/C18H21ClFN3O2S/c19-15-6-3-7-16(20)14(15)11-26-18-21-8-13(10-24)23(18)9-17(25)22-12-4-1-2-5-12/h3,6-8,12,24H,1-2,4-5,9-11H2,(H,22,25). The first-order valence-corrected chi connectivity index (χ1v) is 9.95. The van der Waals surface area contributed by atoms with Crippen LogP contribution in [-0.2, 0) is 23.7 Å². The molecule has 0 atom stereocenters. The Morgan fingerprint density at radius 2 is 2.19 bits per heavy atom. The molecule has 2 N–H and O–H groups in total. The molecule has 8 heteroatoms. The van der Waals surface area contributed by atoms with Crippen molar-refractivity contribution in [2.45, 2.75) is 55.8 Å². The van der Waals surface area contributed by atoms with Gasteiger partial charge in [0.1, 0.15) is 12.4 Å². The fraction of sp³-hybridized carbons (Fsp3) is 0.444. The Hall–Kier alpha value is -1.57. The fourth-order valence-electron chi connectivity index (χ4n) is 3.10. The van der Waals surface area contributed by atoms with Crippen molar-refractivity contribution in [3.8, 4) is 0 Å². The maximum absolute atomic E-state index is 13.9. The van der Waals surface area contributed by atoms with Crippen LogP contribution in [0, 0.1) is 5.82 Å². The Morgan fingerprint density at radius 3 is 2.88 bits per heavy atom. The molecule has 1 aliphatic rings. The number of carbonyl (C=O) groups is 1. The summed E-state index contributed by atoms with van der Waals surface area (Å²) in [5.74, 6) is -0.183. The van der Waals surface area contributed by atoms with Crippen LogP contribution in [0.25, 0.3) is 0 Å². The minimum Gasteiger partial charge on any atom is -0.390 e. The highest BCUT2D eigenvalue weighted by molar-refractivity contribution is 7.98. The first-order valence-electron chi connectivity index (χ1n) is 8.58. The molecular weight excluding hydrogens is 377 g/mol. The maximum atomic E-state index is 13.9. The molecule has 1 fully saturated rings. The van der Waals surface area contributed by atoms with Crippen molar-refractivity contribution in [2.75, 3.05) is 0 Å². The second kappa shape index (κ2) is 8.88. The van der Waals surface area contributed by atoms with E-state index in [0.29, 0.717) is 21.4 Å². The van der Waals surface area contributed by atoms with E-state index < -0.39 is 0 Å². The molecule has 1 heterocycles. The SMILES string of the molecule is O=C(Cn1c(CO)cnc1SCc1c(F)cccc1Cl)NC1CCCC1. The number of aromatic nitrogens is 2. The smallest absolute Gasteiger partial charge is 0.240 e. The summed E-state index contributed by atoms with van der Waals surface area (Å²) in [5, 5.41) is 13.5. The zero-order chi connectivity index (χ0) is 18.5. The Labute approximate surface area is 161 Å². The number of hydrogen-bond donors (Lipinski definition) is 2. The lowest BCUT2D eigenvalue weighted by Gasteiger charge is -2.15. The second-order valence-electron chi connectivity index (χ2n) is 6.31. The van der Waals surface area contributed by atoms with Gasteiger partial charge >= 0.3 is 0 Å². The molecule has 140 valence electrons. The molecule has 1 aromatic carbocycles. The normalized spacial score (nSPS) is 14.7. The quantitative estimate of drug-likeness (QED) is 0.701. The third kappa shape index (κ3) is 4.58. The highest BCUT2D eigenvalue weighted by atomic mass is 35.5. The Kier molecular flexibility index (Phi) is 6.56. The van der Waals surface area contributed by atoms with E-state index in [4.69, 9.17) is 11.6 Å². The van der Waals surface area contributed by atoms with Gasteiger partial charge in [0, 0.05) is 22.4 Å². The Morgan fingerprint density at radius 1 is 1.42 bits per heavy atom. The number of benzene rings is 1. The van der Waals surface area contributed by atoms with Gasteiger partial charge in [0.15, 0.2) is 5.16 Å². The molecule has 1 aromatic heterocycles. The summed E-state index contributed by atoms with van der Waals surface area (Å²) in [6, 6.07) is 4.80. The molecular formula is C18H21ClFN3O2S. The van der Waals surface area contributed by atoms with Crippen molar-refractivity contribution in [3.63, 3.8) is 0 Å². The summed E-state index contributed by atoms with van der Waals surface area (Å²) in [5.41, 5.74) is 0.948. The molecule has 26 heavy (non-hydrogen) atoms. The first kappa shape index (κ1) is 19.2. The minimum atomic E-state index is -0.371. The highest BCUT2D eigenvalue weighted by Crippen LogP contribution is 2.28. The predicted molar refractivity (Wildman–Crippen MR) is 99.5 cm³/mol. The number of amides is 1. The number of aliphatic hydroxyl groups is 1. The van der Waals surface area contributed by atoms with Crippen LogP contribution in [0.4, 0.5) is 4.39 Å². The van der Waals surface area contributed by atoms with E-state index >= 15 is 0 Å². The number of rotatable bonds is 7. The molecule has 0 unspecified atom stereocenters. The van der Waals surface area contributed by atoms with Gasteiger partial charge in [-0.15, -0.1) is 0 Å². The zero-order valence-electron chi connectivity index (χ0n) is 14.3. The Balaban J connectivity index is 1.69. The van der Waals surface area contributed by atoms with E-state index in [2.05, 4.69) is 10.3 Å². The van der Waals surface area contributed by atoms with E-state index in [1.165, 1.54) is 24.0 Å². The van der Waals surface area contributed by atoms with Crippen molar-refractivity contribution in [2.24, 2.45) is 0 Å². The van der Waals surface area contributed by atoms with E-state index in [9.17, 15) is 14.3 Å². The minimum absolute atomic E-state index is 0.0831. The summed E-state index contributed by atoms with van der Waals surface area (Å²) >= 11 is 7.35. The van der Waals surface area contributed by atoms with Gasteiger partial charge in [-0.3, -0.25) is 4.79 Å². The van der Waals surface area contributed by atoms with Crippen LogP contribution in [-0.4, -0.2) is 26.6 Å². The van der Waals surface area contributed by atoms with Crippen LogP contribution in [0.3, 0.4) is 0 Å². The molecule has 3 rings (SSSR count). The van der Waals surface area contributed by atoms with Gasteiger partial charge in [-0.05, 0) is 25.0 Å². The first-order chi connectivity index (χ1) is 12.6. The molecule has 1 saturated carbocycles. The topological polar surface area (TPSA) is 67.2 Å².